The summed E-state index contributed by atoms with van der Waals surface area (Å²) in [5.41, 5.74) is 0.795. The Balaban J connectivity index is 1.40. The number of halogens is 1. The molecule has 1 aromatic heterocycles. The van der Waals surface area contributed by atoms with Crippen molar-refractivity contribution in [2.45, 2.75) is 36.0 Å². The molecule has 6 unspecified atom stereocenters. The summed E-state index contributed by atoms with van der Waals surface area (Å²) in [5.74, 6) is -3.15. The van der Waals surface area contributed by atoms with Crippen LogP contribution in [0.1, 0.15) is 36.1 Å². The molecule has 39 heavy (non-hydrogen) atoms. The third-order valence-corrected chi connectivity index (χ3v) is 11.4. The molecule has 2 aliphatic carbocycles. The second kappa shape index (κ2) is 10.1. The molecular formula is C26H25BrN2O8S2. The standard InChI is InChI=1S/C26H25BrN2O8S2/c1-2-36-16(32)9-37-14-4-3-10(27)7-11(14)17-18-12-8-13(21(18)38-23-22(17)39-26(35)28-23)20-19(12)24(33)29(25(20)34)6-5-15(30)31/h3-4,7,12-13,17-21H,2,5-6,8-9H2,1H3,(H,28,35)(H,30,31)/t12?,13?,17-,18?,19?,20?,21?/m1/s1. The average Bonchev–Trinajstić information content (AvgIpc) is 3.61. The summed E-state index contributed by atoms with van der Waals surface area (Å²) in [6, 6.07) is 5.52. The Morgan fingerprint density at radius 2 is 1.92 bits per heavy atom. The van der Waals surface area contributed by atoms with Gasteiger partial charge in [-0.2, -0.15) is 0 Å². The fourth-order valence-corrected chi connectivity index (χ4v) is 10.3. The zero-order chi connectivity index (χ0) is 27.6. The van der Waals surface area contributed by atoms with Gasteiger partial charge >= 0.3 is 16.8 Å². The number of rotatable bonds is 8. The highest BCUT2D eigenvalue weighted by Gasteiger charge is 2.69. The Morgan fingerprint density at radius 3 is 2.64 bits per heavy atom. The van der Waals surface area contributed by atoms with Gasteiger partial charge < -0.3 is 19.6 Å². The highest BCUT2D eigenvalue weighted by Crippen LogP contribution is 2.69. The summed E-state index contributed by atoms with van der Waals surface area (Å²) >= 11 is 6.26. The van der Waals surface area contributed by atoms with Crippen LogP contribution in [0, 0.1) is 29.6 Å². The summed E-state index contributed by atoms with van der Waals surface area (Å²) in [5, 5.41) is 9.86. The third-order valence-electron chi connectivity index (χ3n) is 8.32. The summed E-state index contributed by atoms with van der Waals surface area (Å²) in [6.45, 7) is 1.57. The number of imide groups is 1. The van der Waals surface area contributed by atoms with Gasteiger partial charge in [-0.25, -0.2) is 4.79 Å². The number of likely N-dealkylation sites (tertiary alicyclic amines) is 1. The largest absolute Gasteiger partial charge is 0.482 e. The summed E-state index contributed by atoms with van der Waals surface area (Å²) in [4.78, 5) is 67.4. The van der Waals surface area contributed by atoms with Gasteiger partial charge in [0.2, 0.25) is 11.8 Å². The molecule has 0 radical (unpaired) electrons. The van der Waals surface area contributed by atoms with Crippen LogP contribution in [0.2, 0.25) is 0 Å². The number of fused-ring (bicyclic) bond motifs is 9. The fraction of sp³-hybridized carbons (Fsp3) is 0.500. The Morgan fingerprint density at radius 1 is 1.18 bits per heavy atom. The molecule has 2 aliphatic heterocycles. The molecule has 2 saturated carbocycles. The molecule has 2 aromatic rings. The number of carbonyl (C=O) groups is 4. The van der Waals surface area contributed by atoms with Crippen LogP contribution >= 0.6 is 39.0 Å². The van der Waals surface area contributed by atoms with Crippen LogP contribution in [-0.2, 0) is 23.9 Å². The number of nitrogens with zero attached hydrogens (tertiary/aromatic N) is 1. The van der Waals surface area contributed by atoms with Gasteiger partial charge in [0.25, 0.3) is 0 Å². The number of ether oxygens (including phenoxy) is 2. The number of hydrogen-bond acceptors (Lipinski definition) is 9. The number of esters is 1. The molecule has 10 nitrogen and oxygen atoms in total. The maximum Gasteiger partial charge on any atom is 0.344 e. The maximum absolute atomic E-state index is 13.5. The van der Waals surface area contributed by atoms with Crippen molar-refractivity contribution in [1.29, 1.82) is 0 Å². The number of aliphatic carboxylic acids is 1. The first-order valence-electron chi connectivity index (χ1n) is 12.7. The molecule has 2 bridgehead atoms. The number of carboxylic acids is 1. The van der Waals surface area contributed by atoms with Crippen molar-refractivity contribution in [2.75, 3.05) is 19.8 Å². The van der Waals surface area contributed by atoms with Gasteiger partial charge in [-0.3, -0.25) is 24.1 Å². The second-order valence-electron chi connectivity index (χ2n) is 10.2. The highest BCUT2D eigenvalue weighted by molar-refractivity contribution is 9.10. The number of amides is 2. The predicted octanol–water partition coefficient (Wildman–Crippen LogP) is 3.09. The number of aromatic nitrogens is 1. The van der Waals surface area contributed by atoms with Gasteiger partial charge in [0, 0.05) is 32.6 Å². The van der Waals surface area contributed by atoms with Gasteiger partial charge in [-0.05, 0) is 49.3 Å². The molecule has 4 aliphatic rings. The number of benzene rings is 1. The lowest BCUT2D eigenvalue weighted by atomic mass is 9.68. The zero-order valence-corrected chi connectivity index (χ0v) is 24.0. The molecule has 2 amide bonds. The van der Waals surface area contributed by atoms with Crippen LogP contribution in [-0.4, -0.2) is 63.8 Å². The van der Waals surface area contributed by atoms with Gasteiger partial charge in [-0.15, -0.1) is 11.8 Å². The van der Waals surface area contributed by atoms with Crippen LogP contribution in [0.4, 0.5) is 0 Å². The minimum Gasteiger partial charge on any atom is -0.482 e. The van der Waals surface area contributed by atoms with E-state index in [9.17, 15) is 24.0 Å². The quantitative estimate of drug-likeness (QED) is 0.330. The van der Waals surface area contributed by atoms with Crippen molar-refractivity contribution in [2.24, 2.45) is 29.6 Å². The normalized spacial score (nSPS) is 30.2. The number of H-pyrrole nitrogens is 1. The van der Waals surface area contributed by atoms with Crippen molar-refractivity contribution in [3.63, 3.8) is 0 Å². The molecule has 3 heterocycles. The van der Waals surface area contributed by atoms with Crippen LogP contribution in [0.15, 0.2) is 32.5 Å². The van der Waals surface area contributed by atoms with E-state index in [0.29, 0.717) is 12.2 Å². The molecule has 0 spiro atoms. The fourth-order valence-electron chi connectivity index (χ4n) is 7.09. The van der Waals surface area contributed by atoms with Gasteiger partial charge in [-0.1, -0.05) is 27.3 Å². The number of thiazole rings is 1. The molecule has 1 saturated heterocycles. The first kappa shape index (κ1) is 26.6. The third kappa shape index (κ3) is 4.33. The van der Waals surface area contributed by atoms with Crippen LogP contribution < -0.4 is 9.61 Å². The Hall–Kier alpha value is -2.64. The monoisotopic (exact) mass is 636 g/mol. The van der Waals surface area contributed by atoms with E-state index >= 15 is 0 Å². The highest BCUT2D eigenvalue weighted by atomic mass is 79.9. The number of aromatic amines is 1. The van der Waals surface area contributed by atoms with Crippen molar-refractivity contribution in [3.05, 3.63) is 42.8 Å². The Bertz CT molecular complexity index is 1440. The Kier molecular flexibility index (Phi) is 6.87. The number of carbonyl (C=O) groups excluding carboxylic acids is 3. The zero-order valence-electron chi connectivity index (χ0n) is 20.8. The first-order chi connectivity index (χ1) is 18.7. The average molecular weight is 638 g/mol. The van der Waals surface area contributed by atoms with E-state index in [0.717, 1.165) is 36.2 Å². The number of hydrogen-bond donors (Lipinski definition) is 2. The van der Waals surface area contributed by atoms with Crippen molar-refractivity contribution >= 4 is 62.8 Å². The summed E-state index contributed by atoms with van der Waals surface area (Å²) in [6.07, 6.45) is 0.429. The lowest BCUT2D eigenvalue weighted by Gasteiger charge is -2.43. The van der Waals surface area contributed by atoms with E-state index in [1.807, 2.05) is 12.1 Å². The molecule has 1 aromatic carbocycles. The van der Waals surface area contributed by atoms with Crippen molar-refractivity contribution in [3.8, 4) is 5.75 Å². The molecule has 7 atom stereocenters. The van der Waals surface area contributed by atoms with Gasteiger partial charge in [0.05, 0.1) is 29.9 Å². The van der Waals surface area contributed by atoms with E-state index < -0.39 is 23.8 Å². The van der Waals surface area contributed by atoms with Gasteiger partial charge in [0.1, 0.15) is 5.75 Å². The topological polar surface area (TPSA) is 143 Å². The molecule has 13 heteroatoms. The lowest BCUT2D eigenvalue weighted by Crippen LogP contribution is -2.42. The van der Waals surface area contributed by atoms with E-state index in [4.69, 9.17) is 14.6 Å². The molecule has 6 rings (SSSR count). The summed E-state index contributed by atoms with van der Waals surface area (Å²) < 4.78 is 11.8. The lowest BCUT2D eigenvalue weighted by molar-refractivity contribution is -0.146. The van der Waals surface area contributed by atoms with Crippen LogP contribution in [0.5, 0.6) is 5.75 Å². The van der Waals surface area contributed by atoms with E-state index in [2.05, 4.69) is 20.9 Å². The van der Waals surface area contributed by atoms with Crippen LogP contribution in [0.25, 0.3) is 0 Å². The molecular weight excluding hydrogens is 612 g/mol. The van der Waals surface area contributed by atoms with Gasteiger partial charge in [0.15, 0.2) is 6.61 Å². The smallest absolute Gasteiger partial charge is 0.344 e. The Labute approximate surface area is 239 Å². The summed E-state index contributed by atoms with van der Waals surface area (Å²) in [7, 11) is 0. The molecule has 2 N–H and O–H groups in total. The minimum absolute atomic E-state index is 0.0212. The minimum atomic E-state index is -1.06. The number of nitrogens with one attached hydrogen (secondary N) is 1. The SMILES string of the molecule is CCOC(=O)COc1ccc(Br)cc1[C@H]1c2sc(=O)[nH]c2SC2C3CC(C4C(=O)N(CCC(=O)O)C(=O)C34)C21. The van der Waals surface area contributed by atoms with Crippen molar-refractivity contribution in [1.82, 2.24) is 9.88 Å². The predicted molar refractivity (Wildman–Crippen MR) is 144 cm³/mol. The first-order valence-corrected chi connectivity index (χ1v) is 15.2. The number of thioether (sulfide) groups is 1. The van der Waals surface area contributed by atoms with E-state index in [-0.39, 0.29) is 71.8 Å². The number of carboxylic acid groups (broad SMARTS) is 1. The van der Waals surface area contributed by atoms with Crippen LogP contribution in [0.3, 0.4) is 0 Å². The second-order valence-corrected chi connectivity index (χ2v) is 13.3. The van der Waals surface area contributed by atoms with E-state index in [1.54, 1.807) is 24.8 Å². The van der Waals surface area contributed by atoms with Crippen molar-refractivity contribution < 1.29 is 33.8 Å². The molecule has 3 fully saturated rings. The molecule has 206 valence electrons. The maximum atomic E-state index is 13.5. The van der Waals surface area contributed by atoms with E-state index in [1.165, 1.54) is 0 Å².